The van der Waals surface area contributed by atoms with Gasteiger partial charge in [0.2, 0.25) is 0 Å². The fraction of sp³-hybridized carbons (Fsp3) is 0.125. The van der Waals surface area contributed by atoms with Crippen molar-refractivity contribution in [2.45, 2.75) is 13.5 Å². The van der Waals surface area contributed by atoms with Gasteiger partial charge in [-0.15, -0.1) is 0 Å². The molecule has 0 amide bonds. The number of benzene rings is 2. The molecule has 0 saturated heterocycles. The summed E-state index contributed by atoms with van der Waals surface area (Å²) in [4.78, 5) is 4.42. The van der Waals surface area contributed by atoms with E-state index in [1.165, 1.54) is 0 Å². The lowest BCUT2D eigenvalue weighted by atomic mass is 9.99. The SMILES string of the molecule is COc1ccccc1-c1cc(CNc2cc(-c3ccc(C#N)cc3C)ccn2)[nH]n1. The maximum atomic E-state index is 9.06. The van der Waals surface area contributed by atoms with Gasteiger partial charge < -0.3 is 10.1 Å². The topological polar surface area (TPSA) is 86.6 Å². The lowest BCUT2D eigenvalue weighted by Gasteiger charge is -2.09. The van der Waals surface area contributed by atoms with Crippen LogP contribution in [-0.4, -0.2) is 22.3 Å². The first kappa shape index (κ1) is 19.2. The van der Waals surface area contributed by atoms with Crippen molar-refractivity contribution >= 4 is 5.82 Å². The van der Waals surface area contributed by atoms with Gasteiger partial charge in [-0.05, 0) is 66.1 Å². The fourth-order valence-corrected chi connectivity index (χ4v) is 3.38. The average Bonchev–Trinajstić information content (AvgIpc) is 3.26. The largest absolute Gasteiger partial charge is 0.496 e. The molecular formula is C24H21N5O. The molecule has 0 aliphatic carbocycles. The van der Waals surface area contributed by atoms with Gasteiger partial charge in [0.25, 0.3) is 0 Å². The molecule has 0 saturated carbocycles. The summed E-state index contributed by atoms with van der Waals surface area (Å²) in [6, 6.07) is 21.7. The minimum absolute atomic E-state index is 0.560. The summed E-state index contributed by atoms with van der Waals surface area (Å²) in [7, 11) is 1.65. The molecule has 148 valence electrons. The predicted molar refractivity (Wildman–Crippen MR) is 117 cm³/mol. The first-order valence-corrected chi connectivity index (χ1v) is 9.56. The number of para-hydroxylation sites is 1. The maximum absolute atomic E-state index is 9.06. The molecule has 30 heavy (non-hydrogen) atoms. The average molecular weight is 395 g/mol. The van der Waals surface area contributed by atoms with E-state index in [4.69, 9.17) is 10.00 Å². The van der Waals surface area contributed by atoms with Crippen LogP contribution in [0.4, 0.5) is 5.82 Å². The van der Waals surface area contributed by atoms with Crippen molar-refractivity contribution in [2.75, 3.05) is 12.4 Å². The van der Waals surface area contributed by atoms with Crippen LogP contribution in [0.2, 0.25) is 0 Å². The summed E-state index contributed by atoms with van der Waals surface area (Å²) in [5.41, 5.74) is 6.57. The predicted octanol–water partition coefficient (Wildman–Crippen LogP) is 4.94. The van der Waals surface area contributed by atoms with Crippen molar-refractivity contribution in [1.29, 1.82) is 5.26 Å². The van der Waals surface area contributed by atoms with E-state index in [2.05, 4.69) is 26.6 Å². The highest BCUT2D eigenvalue weighted by Gasteiger charge is 2.10. The Morgan fingerprint density at radius 2 is 1.93 bits per heavy atom. The Morgan fingerprint density at radius 3 is 2.73 bits per heavy atom. The van der Waals surface area contributed by atoms with E-state index >= 15 is 0 Å². The van der Waals surface area contributed by atoms with Crippen molar-refractivity contribution in [2.24, 2.45) is 0 Å². The van der Waals surface area contributed by atoms with Crippen LogP contribution in [0.5, 0.6) is 5.75 Å². The van der Waals surface area contributed by atoms with Gasteiger partial charge in [0.05, 0.1) is 36.7 Å². The Bertz CT molecular complexity index is 1220. The lowest BCUT2D eigenvalue weighted by Crippen LogP contribution is -2.01. The Morgan fingerprint density at radius 1 is 1.07 bits per heavy atom. The number of nitrogens with one attached hydrogen (secondary N) is 2. The van der Waals surface area contributed by atoms with Crippen LogP contribution >= 0.6 is 0 Å². The molecule has 0 radical (unpaired) electrons. The quantitative estimate of drug-likeness (QED) is 0.483. The smallest absolute Gasteiger partial charge is 0.128 e. The lowest BCUT2D eigenvalue weighted by molar-refractivity contribution is 0.416. The van der Waals surface area contributed by atoms with Gasteiger partial charge in [-0.3, -0.25) is 5.10 Å². The molecule has 2 aromatic carbocycles. The molecule has 0 spiro atoms. The Balaban J connectivity index is 1.50. The fourth-order valence-electron chi connectivity index (χ4n) is 3.38. The monoisotopic (exact) mass is 395 g/mol. The standard InChI is InChI=1S/C24H21N5O/c1-16-11-17(14-25)7-8-20(16)18-9-10-26-24(12-18)27-15-19-13-22(29-28-19)21-5-3-4-6-23(21)30-2/h3-13H,15H2,1-2H3,(H,26,27)(H,28,29). The van der Waals surface area contributed by atoms with Crippen LogP contribution < -0.4 is 10.1 Å². The molecule has 0 aliphatic heterocycles. The number of ether oxygens (including phenoxy) is 1. The van der Waals surface area contributed by atoms with Crippen molar-refractivity contribution < 1.29 is 4.74 Å². The molecule has 6 nitrogen and oxygen atoms in total. The van der Waals surface area contributed by atoms with Gasteiger partial charge in [0.1, 0.15) is 11.6 Å². The molecular weight excluding hydrogens is 374 g/mol. The third-order valence-corrected chi connectivity index (χ3v) is 4.90. The number of hydrogen-bond acceptors (Lipinski definition) is 5. The van der Waals surface area contributed by atoms with Crippen LogP contribution in [0.25, 0.3) is 22.4 Å². The molecule has 2 N–H and O–H groups in total. The number of rotatable bonds is 6. The Kier molecular flexibility index (Phi) is 5.44. The first-order valence-electron chi connectivity index (χ1n) is 9.56. The van der Waals surface area contributed by atoms with Crippen LogP contribution in [0, 0.1) is 18.3 Å². The number of nitriles is 1. The third-order valence-electron chi connectivity index (χ3n) is 4.90. The highest BCUT2D eigenvalue weighted by atomic mass is 16.5. The first-order chi connectivity index (χ1) is 14.7. The zero-order valence-corrected chi connectivity index (χ0v) is 16.8. The van der Waals surface area contributed by atoms with E-state index in [1.807, 2.05) is 67.6 Å². The molecule has 2 heterocycles. The molecule has 2 aromatic heterocycles. The van der Waals surface area contributed by atoms with Gasteiger partial charge in [0, 0.05) is 11.8 Å². The summed E-state index contributed by atoms with van der Waals surface area (Å²) >= 11 is 0. The highest BCUT2D eigenvalue weighted by Crippen LogP contribution is 2.29. The van der Waals surface area contributed by atoms with Gasteiger partial charge in [0.15, 0.2) is 0 Å². The molecule has 0 aliphatic rings. The van der Waals surface area contributed by atoms with Gasteiger partial charge >= 0.3 is 0 Å². The minimum atomic E-state index is 0.560. The van der Waals surface area contributed by atoms with Crippen LogP contribution in [0.15, 0.2) is 66.9 Å². The zero-order chi connectivity index (χ0) is 20.9. The normalized spacial score (nSPS) is 10.4. The van der Waals surface area contributed by atoms with E-state index in [9.17, 15) is 0 Å². The van der Waals surface area contributed by atoms with Crippen molar-refractivity contribution in [3.05, 3.63) is 83.7 Å². The number of hydrogen-bond donors (Lipinski definition) is 2. The number of nitrogens with zero attached hydrogens (tertiary/aromatic N) is 3. The van der Waals surface area contributed by atoms with Crippen molar-refractivity contribution in [3.8, 4) is 34.2 Å². The van der Waals surface area contributed by atoms with Crippen molar-refractivity contribution in [3.63, 3.8) is 0 Å². The minimum Gasteiger partial charge on any atom is -0.496 e. The number of H-pyrrole nitrogens is 1. The molecule has 6 heteroatoms. The van der Waals surface area contributed by atoms with Crippen molar-refractivity contribution in [1.82, 2.24) is 15.2 Å². The maximum Gasteiger partial charge on any atom is 0.128 e. The molecule has 0 fully saturated rings. The molecule has 4 aromatic rings. The number of aromatic nitrogens is 3. The van der Waals surface area contributed by atoms with Crippen LogP contribution in [-0.2, 0) is 6.54 Å². The Hall–Kier alpha value is -4.11. The molecule has 0 unspecified atom stereocenters. The van der Waals surface area contributed by atoms with Crippen LogP contribution in [0.1, 0.15) is 16.8 Å². The van der Waals surface area contributed by atoms with Gasteiger partial charge in [-0.25, -0.2) is 4.98 Å². The van der Waals surface area contributed by atoms with E-state index in [1.54, 1.807) is 13.3 Å². The van der Waals surface area contributed by atoms with Gasteiger partial charge in [-0.1, -0.05) is 18.2 Å². The van der Waals surface area contributed by atoms with E-state index in [0.29, 0.717) is 12.1 Å². The number of methoxy groups -OCH3 is 1. The number of aryl methyl sites for hydroxylation is 1. The Labute approximate surface area is 175 Å². The highest BCUT2D eigenvalue weighted by molar-refractivity contribution is 5.70. The summed E-state index contributed by atoms with van der Waals surface area (Å²) in [5, 5.41) is 19.9. The molecule has 4 rings (SSSR count). The molecule has 0 atom stereocenters. The van der Waals surface area contributed by atoms with E-state index < -0.39 is 0 Å². The second-order valence-electron chi connectivity index (χ2n) is 6.90. The molecule has 0 bridgehead atoms. The van der Waals surface area contributed by atoms with Gasteiger partial charge in [-0.2, -0.15) is 10.4 Å². The third kappa shape index (κ3) is 4.01. The number of anilines is 1. The van der Waals surface area contributed by atoms with E-state index in [-0.39, 0.29) is 0 Å². The second-order valence-corrected chi connectivity index (χ2v) is 6.90. The van der Waals surface area contributed by atoms with Crippen LogP contribution in [0.3, 0.4) is 0 Å². The summed E-state index contributed by atoms with van der Waals surface area (Å²) in [5.74, 6) is 1.56. The number of aromatic amines is 1. The summed E-state index contributed by atoms with van der Waals surface area (Å²) in [6.07, 6.45) is 1.78. The summed E-state index contributed by atoms with van der Waals surface area (Å²) in [6.45, 7) is 2.57. The summed E-state index contributed by atoms with van der Waals surface area (Å²) < 4.78 is 5.42. The zero-order valence-electron chi connectivity index (χ0n) is 16.8. The number of pyridine rings is 1. The second kappa shape index (κ2) is 8.50. The van der Waals surface area contributed by atoms with E-state index in [0.717, 1.165) is 45.2 Å².